The van der Waals surface area contributed by atoms with Crippen LogP contribution in [0.3, 0.4) is 0 Å². The fraction of sp³-hybridized carbons (Fsp3) is 0.0833. The van der Waals surface area contributed by atoms with Gasteiger partial charge in [0.1, 0.15) is 5.75 Å². The van der Waals surface area contributed by atoms with Crippen LogP contribution in [-0.2, 0) is 10.0 Å². The number of fused-ring (bicyclic) bond motifs is 1. The molecule has 146 valence electrons. The van der Waals surface area contributed by atoms with E-state index < -0.39 is 10.0 Å². The third-order valence-corrected chi connectivity index (χ3v) is 6.35. The van der Waals surface area contributed by atoms with Gasteiger partial charge in [-0.15, -0.1) is 0 Å². The zero-order valence-electron chi connectivity index (χ0n) is 16.2. The summed E-state index contributed by atoms with van der Waals surface area (Å²) in [7, 11) is -2.18. The van der Waals surface area contributed by atoms with Crippen molar-refractivity contribution in [2.45, 2.75) is 11.8 Å². The van der Waals surface area contributed by atoms with E-state index in [-0.39, 0.29) is 4.90 Å². The zero-order chi connectivity index (χ0) is 20.4. The number of hydrogen-bond acceptors (Lipinski definition) is 3. The standard InChI is InChI=1S/C24H21NO3S/c1-17-7-3-4-8-20(17)22-15-16-24(23-10-6-5-9-21(22)23)25-29(26,27)19-13-11-18(28-2)12-14-19/h3-16,25H,1-2H3. The van der Waals surface area contributed by atoms with Crippen LogP contribution < -0.4 is 9.46 Å². The average Bonchev–Trinajstić information content (AvgIpc) is 2.74. The van der Waals surface area contributed by atoms with Crippen molar-refractivity contribution >= 4 is 26.5 Å². The van der Waals surface area contributed by atoms with E-state index >= 15 is 0 Å². The van der Waals surface area contributed by atoms with Gasteiger partial charge in [0.25, 0.3) is 10.0 Å². The molecule has 29 heavy (non-hydrogen) atoms. The van der Waals surface area contributed by atoms with Crippen LogP contribution in [0.15, 0.2) is 89.8 Å². The molecule has 0 unspecified atom stereocenters. The van der Waals surface area contributed by atoms with E-state index in [0.717, 1.165) is 21.9 Å². The first-order valence-corrected chi connectivity index (χ1v) is 10.7. The van der Waals surface area contributed by atoms with E-state index in [9.17, 15) is 8.42 Å². The highest BCUT2D eigenvalue weighted by Gasteiger charge is 2.17. The van der Waals surface area contributed by atoms with Crippen LogP contribution in [0.1, 0.15) is 5.56 Å². The smallest absolute Gasteiger partial charge is 0.261 e. The molecule has 4 aromatic carbocycles. The average molecular weight is 404 g/mol. The number of hydrogen-bond donors (Lipinski definition) is 1. The Morgan fingerprint density at radius 3 is 2.07 bits per heavy atom. The number of aryl methyl sites for hydroxylation is 1. The van der Waals surface area contributed by atoms with Gasteiger partial charge in [0.15, 0.2) is 0 Å². The Labute approximate surface area is 170 Å². The van der Waals surface area contributed by atoms with E-state index in [4.69, 9.17) is 4.74 Å². The Hall–Kier alpha value is -3.31. The van der Waals surface area contributed by atoms with Gasteiger partial charge >= 0.3 is 0 Å². The monoisotopic (exact) mass is 403 g/mol. The fourth-order valence-corrected chi connectivity index (χ4v) is 4.54. The molecule has 0 radical (unpaired) electrons. The lowest BCUT2D eigenvalue weighted by molar-refractivity contribution is 0.414. The maximum atomic E-state index is 12.9. The number of benzene rings is 4. The highest BCUT2D eigenvalue weighted by atomic mass is 32.2. The topological polar surface area (TPSA) is 55.4 Å². The molecular weight excluding hydrogens is 382 g/mol. The fourth-order valence-electron chi connectivity index (χ4n) is 3.46. The molecule has 4 rings (SSSR count). The molecule has 4 aromatic rings. The van der Waals surface area contributed by atoms with Crippen molar-refractivity contribution in [3.8, 4) is 16.9 Å². The molecular formula is C24H21NO3S. The number of nitrogens with one attached hydrogen (secondary N) is 1. The van der Waals surface area contributed by atoms with Crippen LogP contribution in [0.5, 0.6) is 5.75 Å². The van der Waals surface area contributed by atoms with Gasteiger partial charge in [0.05, 0.1) is 17.7 Å². The Bertz CT molecular complexity index is 1280. The second kappa shape index (κ2) is 7.60. The lowest BCUT2D eigenvalue weighted by atomic mass is 9.94. The van der Waals surface area contributed by atoms with E-state index in [1.54, 1.807) is 19.2 Å². The molecule has 0 aliphatic rings. The number of rotatable bonds is 5. The van der Waals surface area contributed by atoms with Crippen LogP contribution in [0.25, 0.3) is 21.9 Å². The van der Waals surface area contributed by atoms with Crippen molar-refractivity contribution in [1.82, 2.24) is 0 Å². The van der Waals surface area contributed by atoms with Crippen LogP contribution in [0.2, 0.25) is 0 Å². The van der Waals surface area contributed by atoms with Gasteiger partial charge in [-0.25, -0.2) is 8.42 Å². The molecule has 0 saturated heterocycles. The molecule has 1 N–H and O–H groups in total. The third kappa shape index (κ3) is 3.69. The van der Waals surface area contributed by atoms with Crippen molar-refractivity contribution in [2.75, 3.05) is 11.8 Å². The van der Waals surface area contributed by atoms with Gasteiger partial charge in [-0.3, -0.25) is 4.72 Å². The van der Waals surface area contributed by atoms with E-state index in [1.807, 2.05) is 48.5 Å². The number of ether oxygens (including phenoxy) is 1. The lowest BCUT2D eigenvalue weighted by Gasteiger charge is -2.15. The van der Waals surface area contributed by atoms with E-state index in [1.165, 1.54) is 17.7 Å². The highest BCUT2D eigenvalue weighted by molar-refractivity contribution is 7.92. The van der Waals surface area contributed by atoms with Crippen molar-refractivity contribution in [2.24, 2.45) is 0 Å². The Balaban J connectivity index is 1.79. The van der Waals surface area contributed by atoms with Gasteiger partial charge in [0, 0.05) is 5.39 Å². The van der Waals surface area contributed by atoms with E-state index in [2.05, 4.69) is 23.8 Å². The molecule has 0 aliphatic heterocycles. The van der Waals surface area contributed by atoms with Crippen LogP contribution in [-0.4, -0.2) is 15.5 Å². The molecule has 0 heterocycles. The highest BCUT2D eigenvalue weighted by Crippen LogP contribution is 2.35. The largest absolute Gasteiger partial charge is 0.497 e. The van der Waals surface area contributed by atoms with Crippen molar-refractivity contribution in [3.05, 3.63) is 90.5 Å². The van der Waals surface area contributed by atoms with Gasteiger partial charge in [0.2, 0.25) is 0 Å². The van der Waals surface area contributed by atoms with Crippen LogP contribution in [0, 0.1) is 6.92 Å². The number of anilines is 1. The summed E-state index contributed by atoms with van der Waals surface area (Å²) >= 11 is 0. The summed E-state index contributed by atoms with van der Waals surface area (Å²) in [4.78, 5) is 0.186. The molecule has 0 bridgehead atoms. The molecule has 0 aromatic heterocycles. The summed E-state index contributed by atoms with van der Waals surface area (Å²) in [6, 6.07) is 26.1. The maximum Gasteiger partial charge on any atom is 0.261 e. The minimum atomic E-state index is -3.72. The van der Waals surface area contributed by atoms with Gasteiger partial charge in [-0.05, 0) is 59.3 Å². The van der Waals surface area contributed by atoms with Crippen molar-refractivity contribution in [1.29, 1.82) is 0 Å². The summed E-state index contributed by atoms with van der Waals surface area (Å²) < 4.78 is 33.7. The molecule has 0 spiro atoms. The van der Waals surface area contributed by atoms with Gasteiger partial charge < -0.3 is 4.74 Å². The molecule has 5 heteroatoms. The number of sulfonamides is 1. The van der Waals surface area contributed by atoms with Crippen LogP contribution in [0.4, 0.5) is 5.69 Å². The zero-order valence-corrected chi connectivity index (χ0v) is 17.0. The van der Waals surface area contributed by atoms with Gasteiger partial charge in [-0.1, -0.05) is 54.6 Å². The second-order valence-electron chi connectivity index (χ2n) is 6.80. The van der Waals surface area contributed by atoms with E-state index in [0.29, 0.717) is 11.4 Å². The first-order valence-electron chi connectivity index (χ1n) is 9.24. The first-order chi connectivity index (χ1) is 14.0. The summed E-state index contributed by atoms with van der Waals surface area (Å²) in [5.74, 6) is 0.608. The SMILES string of the molecule is COc1ccc(S(=O)(=O)Nc2ccc(-c3ccccc3C)c3ccccc23)cc1. The Morgan fingerprint density at radius 1 is 0.724 bits per heavy atom. The third-order valence-electron chi connectivity index (χ3n) is 4.97. The maximum absolute atomic E-state index is 12.9. The molecule has 0 fully saturated rings. The summed E-state index contributed by atoms with van der Waals surface area (Å²) in [5.41, 5.74) is 3.93. The molecule has 0 amide bonds. The van der Waals surface area contributed by atoms with Crippen molar-refractivity contribution in [3.63, 3.8) is 0 Å². The van der Waals surface area contributed by atoms with Crippen LogP contribution >= 0.6 is 0 Å². The second-order valence-corrected chi connectivity index (χ2v) is 8.48. The quantitative estimate of drug-likeness (QED) is 0.470. The first kappa shape index (κ1) is 19.0. The summed E-state index contributed by atoms with van der Waals surface area (Å²) in [6.45, 7) is 2.07. The summed E-state index contributed by atoms with van der Waals surface area (Å²) in [5, 5.41) is 1.85. The molecule has 0 saturated carbocycles. The summed E-state index contributed by atoms with van der Waals surface area (Å²) in [6.07, 6.45) is 0. The van der Waals surface area contributed by atoms with Crippen molar-refractivity contribution < 1.29 is 13.2 Å². The molecule has 0 atom stereocenters. The predicted molar refractivity (Wildman–Crippen MR) is 118 cm³/mol. The lowest BCUT2D eigenvalue weighted by Crippen LogP contribution is -2.13. The number of methoxy groups -OCH3 is 1. The Morgan fingerprint density at radius 2 is 1.38 bits per heavy atom. The minimum Gasteiger partial charge on any atom is -0.497 e. The normalized spacial score (nSPS) is 11.4. The molecule has 4 nitrogen and oxygen atoms in total. The van der Waals surface area contributed by atoms with Gasteiger partial charge in [-0.2, -0.15) is 0 Å². The predicted octanol–water partition coefficient (Wildman–Crippen LogP) is 5.62. The minimum absolute atomic E-state index is 0.186. The molecule has 0 aliphatic carbocycles. The Kier molecular flexibility index (Phi) is 4.99.